The highest BCUT2D eigenvalue weighted by Gasteiger charge is 2.40. The van der Waals surface area contributed by atoms with Crippen LogP contribution in [0, 0.1) is 5.82 Å². The summed E-state index contributed by atoms with van der Waals surface area (Å²) in [6, 6.07) is 0.983. The van der Waals surface area contributed by atoms with Crippen molar-refractivity contribution in [1.82, 2.24) is 10.2 Å². The third-order valence-electron chi connectivity index (χ3n) is 3.71. The molecule has 1 heterocycles. The van der Waals surface area contributed by atoms with Crippen LogP contribution in [0.1, 0.15) is 23.6 Å². The number of nitrogens with zero attached hydrogens (tertiary/aromatic N) is 1. The maximum absolute atomic E-state index is 14.2. The van der Waals surface area contributed by atoms with Crippen molar-refractivity contribution in [1.29, 1.82) is 0 Å². The summed E-state index contributed by atoms with van der Waals surface area (Å²) in [5.74, 6) is -1.63. The second-order valence-electron chi connectivity index (χ2n) is 5.33. The standard InChI is InChI=1S/C14H15F7N2.ClH/c15-12-9(2-1-3-10(12)14(19,20)21)11(8-13(16,17)18)23-6-4-22-5-7-23;/h1-3,11,22H,4-8H2;1H/t11-;/m0./s1. The molecule has 0 spiro atoms. The highest BCUT2D eigenvalue weighted by Crippen LogP contribution is 2.39. The number of benzene rings is 1. The van der Waals surface area contributed by atoms with Crippen LogP contribution in [0.2, 0.25) is 0 Å². The van der Waals surface area contributed by atoms with Gasteiger partial charge in [-0.2, -0.15) is 26.3 Å². The van der Waals surface area contributed by atoms with Crippen LogP contribution in [0.3, 0.4) is 0 Å². The molecule has 1 aliphatic heterocycles. The SMILES string of the molecule is Cl.Fc1c([C@H](CC(F)(F)F)N2CCNCC2)cccc1C(F)(F)F. The fourth-order valence-corrected chi connectivity index (χ4v) is 2.67. The van der Waals surface area contributed by atoms with Gasteiger partial charge >= 0.3 is 12.4 Å². The zero-order chi connectivity index (χ0) is 17.3. The van der Waals surface area contributed by atoms with E-state index in [1.165, 1.54) is 4.90 Å². The Labute approximate surface area is 140 Å². The maximum Gasteiger partial charge on any atom is 0.419 e. The van der Waals surface area contributed by atoms with E-state index < -0.39 is 41.8 Å². The summed E-state index contributed by atoms with van der Waals surface area (Å²) >= 11 is 0. The first-order valence-corrected chi connectivity index (χ1v) is 6.97. The lowest BCUT2D eigenvalue weighted by Crippen LogP contribution is -2.46. The summed E-state index contributed by atoms with van der Waals surface area (Å²) in [5, 5.41) is 2.94. The van der Waals surface area contributed by atoms with E-state index in [1.54, 1.807) is 0 Å². The minimum atomic E-state index is -4.95. The second-order valence-corrected chi connectivity index (χ2v) is 5.33. The van der Waals surface area contributed by atoms with Crippen molar-refractivity contribution in [3.8, 4) is 0 Å². The number of nitrogens with one attached hydrogen (secondary N) is 1. The van der Waals surface area contributed by atoms with Gasteiger partial charge in [0.2, 0.25) is 0 Å². The Bertz CT molecular complexity index is 539. The van der Waals surface area contributed by atoms with Gasteiger partial charge in [-0.3, -0.25) is 4.90 Å². The smallest absolute Gasteiger partial charge is 0.314 e. The van der Waals surface area contributed by atoms with Gasteiger partial charge in [0.05, 0.1) is 12.0 Å². The third kappa shape index (κ3) is 5.22. The van der Waals surface area contributed by atoms with Crippen molar-refractivity contribution in [3.63, 3.8) is 0 Å². The van der Waals surface area contributed by atoms with Crippen molar-refractivity contribution in [2.45, 2.75) is 24.8 Å². The molecule has 1 fully saturated rings. The van der Waals surface area contributed by atoms with Crippen LogP contribution in [0.15, 0.2) is 18.2 Å². The van der Waals surface area contributed by atoms with Gasteiger partial charge in [-0.1, -0.05) is 12.1 Å². The topological polar surface area (TPSA) is 15.3 Å². The molecule has 0 saturated carbocycles. The zero-order valence-electron chi connectivity index (χ0n) is 12.3. The first kappa shape index (κ1) is 21.0. The Morgan fingerprint density at radius 1 is 1.04 bits per heavy atom. The van der Waals surface area contributed by atoms with Crippen molar-refractivity contribution in [3.05, 3.63) is 35.1 Å². The molecule has 0 radical (unpaired) electrons. The minimum absolute atomic E-state index is 0. The third-order valence-corrected chi connectivity index (χ3v) is 3.71. The van der Waals surface area contributed by atoms with Crippen LogP contribution in [-0.4, -0.2) is 37.3 Å². The molecule has 1 aliphatic rings. The quantitative estimate of drug-likeness (QED) is 0.792. The van der Waals surface area contributed by atoms with Crippen LogP contribution in [0.4, 0.5) is 30.7 Å². The van der Waals surface area contributed by atoms with E-state index in [2.05, 4.69) is 5.32 Å². The van der Waals surface area contributed by atoms with E-state index in [-0.39, 0.29) is 25.5 Å². The highest BCUT2D eigenvalue weighted by molar-refractivity contribution is 5.85. The normalized spacial score (nSPS) is 18.1. The fraction of sp³-hybridized carbons (Fsp3) is 0.571. The summed E-state index contributed by atoms with van der Waals surface area (Å²) < 4.78 is 91.1. The van der Waals surface area contributed by atoms with E-state index in [4.69, 9.17) is 0 Å². The number of hydrogen-bond donors (Lipinski definition) is 1. The number of alkyl halides is 6. The van der Waals surface area contributed by atoms with Gasteiger partial charge in [-0.15, -0.1) is 12.4 Å². The molecule has 1 atom stereocenters. The molecular weight excluding hydrogens is 365 g/mol. The largest absolute Gasteiger partial charge is 0.419 e. The highest BCUT2D eigenvalue weighted by atomic mass is 35.5. The van der Waals surface area contributed by atoms with E-state index >= 15 is 0 Å². The lowest BCUT2D eigenvalue weighted by atomic mass is 9.97. The molecule has 2 nitrogen and oxygen atoms in total. The monoisotopic (exact) mass is 380 g/mol. The number of rotatable bonds is 3. The number of piperazine rings is 1. The number of hydrogen-bond acceptors (Lipinski definition) is 2. The summed E-state index contributed by atoms with van der Waals surface area (Å²) in [7, 11) is 0. The van der Waals surface area contributed by atoms with Crippen LogP contribution in [-0.2, 0) is 6.18 Å². The molecule has 0 bridgehead atoms. The summed E-state index contributed by atoms with van der Waals surface area (Å²) in [4.78, 5) is 1.36. The molecule has 10 heteroatoms. The van der Waals surface area contributed by atoms with Crippen LogP contribution in [0.5, 0.6) is 0 Å². The number of halogens is 8. The van der Waals surface area contributed by atoms with Crippen molar-refractivity contribution >= 4 is 12.4 Å². The van der Waals surface area contributed by atoms with Crippen molar-refractivity contribution < 1.29 is 30.7 Å². The molecular formula is C14H16ClF7N2. The molecule has 1 aromatic carbocycles. The van der Waals surface area contributed by atoms with Gasteiger partial charge in [0.25, 0.3) is 0 Å². The average Bonchev–Trinajstić information content (AvgIpc) is 2.44. The summed E-state index contributed by atoms with van der Waals surface area (Å²) in [6.45, 7) is 1.21. The average molecular weight is 381 g/mol. The van der Waals surface area contributed by atoms with Crippen LogP contribution >= 0.6 is 12.4 Å². The van der Waals surface area contributed by atoms with E-state index in [0.717, 1.165) is 12.1 Å². The van der Waals surface area contributed by atoms with Crippen molar-refractivity contribution in [2.75, 3.05) is 26.2 Å². The Hall–Kier alpha value is -1.06. The predicted octanol–water partition coefficient (Wildman–Crippen LogP) is 4.17. The van der Waals surface area contributed by atoms with E-state index in [9.17, 15) is 30.7 Å². The molecule has 2 rings (SSSR count). The van der Waals surface area contributed by atoms with Gasteiger partial charge in [0, 0.05) is 37.8 Å². The summed E-state index contributed by atoms with van der Waals surface area (Å²) in [6.07, 6.45) is -11.0. The maximum atomic E-state index is 14.2. The zero-order valence-corrected chi connectivity index (χ0v) is 13.2. The molecule has 0 aromatic heterocycles. The minimum Gasteiger partial charge on any atom is -0.314 e. The van der Waals surface area contributed by atoms with E-state index in [1.807, 2.05) is 0 Å². The molecule has 0 aliphatic carbocycles. The Morgan fingerprint density at radius 2 is 1.62 bits per heavy atom. The van der Waals surface area contributed by atoms with Gasteiger partial charge in [-0.25, -0.2) is 4.39 Å². The van der Waals surface area contributed by atoms with Gasteiger partial charge in [-0.05, 0) is 6.07 Å². The Balaban J connectivity index is 0.00000288. The molecule has 1 N–H and O–H groups in total. The molecule has 0 amide bonds. The predicted molar refractivity (Wildman–Crippen MR) is 76.5 cm³/mol. The van der Waals surface area contributed by atoms with Gasteiger partial charge < -0.3 is 5.32 Å². The summed E-state index contributed by atoms with van der Waals surface area (Å²) in [5.41, 5.74) is -2.11. The molecule has 138 valence electrons. The lowest BCUT2D eigenvalue weighted by molar-refractivity contribution is -0.149. The fourth-order valence-electron chi connectivity index (χ4n) is 2.67. The first-order chi connectivity index (χ1) is 10.6. The van der Waals surface area contributed by atoms with Gasteiger partial charge in [0.15, 0.2) is 0 Å². The Kier molecular flexibility index (Phi) is 6.89. The van der Waals surface area contributed by atoms with Gasteiger partial charge in [0.1, 0.15) is 5.82 Å². The van der Waals surface area contributed by atoms with Crippen LogP contribution < -0.4 is 5.32 Å². The lowest BCUT2D eigenvalue weighted by Gasteiger charge is -2.36. The first-order valence-electron chi connectivity index (χ1n) is 6.97. The molecule has 1 aromatic rings. The van der Waals surface area contributed by atoms with Crippen LogP contribution in [0.25, 0.3) is 0 Å². The van der Waals surface area contributed by atoms with Crippen molar-refractivity contribution in [2.24, 2.45) is 0 Å². The molecule has 0 unspecified atom stereocenters. The Morgan fingerprint density at radius 3 is 2.12 bits per heavy atom. The second kappa shape index (κ2) is 7.88. The molecule has 24 heavy (non-hydrogen) atoms. The van der Waals surface area contributed by atoms with E-state index in [0.29, 0.717) is 19.2 Å². The molecule has 1 saturated heterocycles.